The van der Waals surface area contributed by atoms with Crippen molar-refractivity contribution >= 4 is 55.7 Å². The zero-order valence-electron chi connectivity index (χ0n) is 45.0. The summed E-state index contributed by atoms with van der Waals surface area (Å²) < 4.78 is 0. The predicted octanol–water partition coefficient (Wildman–Crippen LogP) is 19.9. The van der Waals surface area contributed by atoms with Gasteiger partial charge in [0.05, 0.1) is 11.4 Å². The fourth-order valence-corrected chi connectivity index (χ4v) is 10.8. The lowest BCUT2D eigenvalue weighted by Crippen LogP contribution is -2.17. The molecular formula is C74H68N2. The van der Waals surface area contributed by atoms with Crippen LogP contribution in [0.5, 0.6) is 0 Å². The molecule has 2 heteroatoms. The van der Waals surface area contributed by atoms with Crippen LogP contribution in [0.3, 0.4) is 0 Å². The molecule has 0 bridgehead atoms. The van der Waals surface area contributed by atoms with Crippen molar-refractivity contribution < 1.29 is 0 Å². The molecule has 0 aliphatic carbocycles. The van der Waals surface area contributed by atoms with Crippen molar-refractivity contribution in [2.75, 3.05) is 9.80 Å². The Morgan fingerprint density at radius 1 is 0.237 bits per heavy atom. The molecule has 0 radical (unpaired) electrons. The highest BCUT2D eigenvalue weighted by Crippen LogP contribution is 2.52. The van der Waals surface area contributed by atoms with Gasteiger partial charge in [-0.25, -0.2) is 0 Å². The molecule has 0 aromatic heterocycles. The van der Waals surface area contributed by atoms with Crippen LogP contribution in [-0.2, 0) is 36.5 Å². The lowest BCUT2D eigenvalue weighted by Gasteiger charge is -2.34. The minimum Gasteiger partial charge on any atom is -0.309 e. The van der Waals surface area contributed by atoms with Crippen LogP contribution in [0.4, 0.5) is 34.1 Å². The Bertz CT molecular complexity index is 3280. The van der Waals surface area contributed by atoms with Crippen LogP contribution in [0.25, 0.3) is 21.5 Å². The van der Waals surface area contributed by atoms with Gasteiger partial charge in [-0.15, -0.1) is 0 Å². The van der Waals surface area contributed by atoms with Gasteiger partial charge in [-0.2, -0.15) is 0 Å². The summed E-state index contributed by atoms with van der Waals surface area (Å²) in [6.07, 6.45) is 3.49. The summed E-state index contributed by atoms with van der Waals surface area (Å²) in [7, 11) is 0. The number of rotatable bonds is 14. The number of fused-ring (bicyclic) bond motifs is 2. The number of anilines is 6. The molecule has 0 unspecified atom stereocenters. The fraction of sp³-hybridized carbons (Fsp3) is 0.162. The molecule has 11 aromatic rings. The first kappa shape index (κ1) is 49.7. The van der Waals surface area contributed by atoms with E-state index in [1.807, 2.05) is 0 Å². The van der Waals surface area contributed by atoms with E-state index in [9.17, 15) is 0 Å². The number of benzene rings is 11. The molecule has 0 atom stereocenters. The predicted molar refractivity (Wildman–Crippen MR) is 325 cm³/mol. The molecule has 0 saturated heterocycles. The van der Waals surface area contributed by atoms with Crippen LogP contribution in [0.15, 0.2) is 255 Å². The van der Waals surface area contributed by atoms with E-state index in [-0.39, 0.29) is 10.8 Å². The van der Waals surface area contributed by atoms with Crippen LogP contribution in [-0.4, -0.2) is 0 Å². The lowest BCUT2D eigenvalue weighted by molar-refractivity contribution is 0.590. The normalized spacial score (nSPS) is 11.8. The molecular weight excluding hydrogens is 917 g/mol. The van der Waals surface area contributed by atoms with E-state index < -0.39 is 0 Å². The Hall–Kier alpha value is -8.46. The number of hydrogen-bond donors (Lipinski definition) is 0. The maximum atomic E-state index is 2.54. The maximum Gasteiger partial charge on any atom is 0.0620 e. The molecule has 0 amide bonds. The summed E-state index contributed by atoms with van der Waals surface area (Å²) in [6.45, 7) is 14.0. The SMILES string of the molecule is CC(C)(C)c1ccc2c(N(c3ccc(Cc4ccccc4)cc3)c3ccc(Cc4ccccc4)cc3)c3cc(C(C)(C)C)ccc3c(N(c3ccc(Cc4ccccc4)cc3)c3ccc(Cc4ccccc4)cc3)c2c1. The average molecular weight is 985 g/mol. The molecule has 76 heavy (non-hydrogen) atoms. The smallest absolute Gasteiger partial charge is 0.0620 e. The highest BCUT2D eigenvalue weighted by atomic mass is 15.2. The molecule has 0 heterocycles. The Morgan fingerprint density at radius 2 is 0.461 bits per heavy atom. The van der Waals surface area contributed by atoms with Gasteiger partial charge >= 0.3 is 0 Å². The first-order valence-electron chi connectivity index (χ1n) is 27.1. The largest absolute Gasteiger partial charge is 0.309 e. The molecule has 0 aliphatic heterocycles. The van der Waals surface area contributed by atoms with Gasteiger partial charge in [0, 0.05) is 44.3 Å². The standard InChI is InChI=1S/C74H68N2/c1-73(2,3)61-35-45-67-69(51-61)71(75(63-37-27-57(28-38-63)47-53-19-11-7-12-20-53)64-39-29-58(30-40-64)48-54-21-13-8-14-22-54)68-46-36-62(74(4,5)6)52-70(68)72(67)76(65-41-31-59(32-42-65)49-55-23-15-9-16-24-55)66-43-33-60(34-44-66)50-56-25-17-10-18-26-56/h7-46,51-52H,47-50H2,1-6H3. The number of nitrogens with zero attached hydrogens (tertiary/aromatic N) is 2. The molecule has 2 nitrogen and oxygen atoms in total. The van der Waals surface area contributed by atoms with Gasteiger partial charge in [0.25, 0.3) is 0 Å². The highest BCUT2D eigenvalue weighted by Gasteiger charge is 2.29. The third kappa shape index (κ3) is 11.0. The molecule has 0 N–H and O–H groups in total. The zero-order valence-corrected chi connectivity index (χ0v) is 45.0. The van der Waals surface area contributed by atoms with E-state index in [1.54, 1.807) is 0 Å². The van der Waals surface area contributed by atoms with Gasteiger partial charge < -0.3 is 9.80 Å². The van der Waals surface area contributed by atoms with Crippen molar-refractivity contribution in [1.82, 2.24) is 0 Å². The molecule has 0 aliphatic rings. The van der Waals surface area contributed by atoms with Gasteiger partial charge in [-0.05, 0) is 153 Å². The summed E-state index contributed by atoms with van der Waals surface area (Å²) in [5, 5.41) is 4.78. The summed E-state index contributed by atoms with van der Waals surface area (Å²) in [6, 6.07) is 95.0. The minimum atomic E-state index is -0.109. The number of hydrogen-bond acceptors (Lipinski definition) is 2. The molecule has 11 aromatic carbocycles. The maximum absolute atomic E-state index is 2.54. The van der Waals surface area contributed by atoms with Crippen LogP contribution < -0.4 is 9.80 Å². The molecule has 11 rings (SSSR count). The second-order valence-electron chi connectivity index (χ2n) is 22.7. The van der Waals surface area contributed by atoms with E-state index >= 15 is 0 Å². The second-order valence-corrected chi connectivity index (χ2v) is 22.7. The summed E-state index contributed by atoms with van der Waals surface area (Å²) in [5.74, 6) is 0. The van der Waals surface area contributed by atoms with Crippen molar-refractivity contribution in [3.05, 3.63) is 310 Å². The van der Waals surface area contributed by atoms with Crippen molar-refractivity contribution in [2.45, 2.75) is 78.1 Å². The van der Waals surface area contributed by atoms with Crippen molar-refractivity contribution in [3.63, 3.8) is 0 Å². The van der Waals surface area contributed by atoms with Crippen molar-refractivity contribution in [3.8, 4) is 0 Å². The van der Waals surface area contributed by atoms with E-state index in [0.717, 1.165) is 48.4 Å². The summed E-state index contributed by atoms with van der Waals surface area (Å²) >= 11 is 0. The third-order valence-corrected chi connectivity index (χ3v) is 15.0. The van der Waals surface area contributed by atoms with Crippen LogP contribution in [0.2, 0.25) is 0 Å². The average Bonchev–Trinajstić information content (AvgIpc) is 3.63. The quantitative estimate of drug-likeness (QED) is 0.0791. The van der Waals surface area contributed by atoms with Crippen LogP contribution in [0, 0.1) is 0 Å². The Balaban J connectivity index is 1.17. The van der Waals surface area contributed by atoms with Gasteiger partial charge in [-0.1, -0.05) is 236 Å². The lowest BCUT2D eigenvalue weighted by atomic mass is 9.82. The third-order valence-electron chi connectivity index (χ3n) is 15.0. The van der Waals surface area contributed by atoms with Crippen molar-refractivity contribution in [2.24, 2.45) is 0 Å². The zero-order chi connectivity index (χ0) is 52.2. The van der Waals surface area contributed by atoms with Gasteiger partial charge in [0.2, 0.25) is 0 Å². The minimum absolute atomic E-state index is 0.109. The fourth-order valence-electron chi connectivity index (χ4n) is 10.8. The topological polar surface area (TPSA) is 6.48 Å². The first-order chi connectivity index (χ1) is 36.9. The van der Waals surface area contributed by atoms with Crippen LogP contribution >= 0.6 is 0 Å². The van der Waals surface area contributed by atoms with E-state index in [4.69, 9.17) is 0 Å². The molecule has 0 saturated carbocycles. The first-order valence-corrected chi connectivity index (χ1v) is 27.1. The molecule has 374 valence electrons. The van der Waals surface area contributed by atoms with Crippen LogP contribution in [0.1, 0.15) is 97.2 Å². The van der Waals surface area contributed by atoms with E-state index in [0.29, 0.717) is 0 Å². The summed E-state index contributed by atoms with van der Waals surface area (Å²) in [4.78, 5) is 5.08. The van der Waals surface area contributed by atoms with Gasteiger partial charge in [0.15, 0.2) is 0 Å². The highest BCUT2D eigenvalue weighted by molar-refractivity contribution is 6.23. The molecule has 0 spiro atoms. The van der Waals surface area contributed by atoms with Gasteiger partial charge in [-0.3, -0.25) is 0 Å². The summed E-state index contributed by atoms with van der Waals surface area (Å²) in [5.41, 5.74) is 19.5. The Morgan fingerprint density at radius 3 is 0.684 bits per heavy atom. The monoisotopic (exact) mass is 985 g/mol. The Kier molecular flexibility index (Phi) is 14.0. The van der Waals surface area contributed by atoms with Crippen molar-refractivity contribution in [1.29, 1.82) is 0 Å². The van der Waals surface area contributed by atoms with Gasteiger partial charge in [0.1, 0.15) is 0 Å². The Labute approximate surface area is 451 Å². The molecule has 0 fully saturated rings. The van der Waals surface area contributed by atoms with E-state index in [2.05, 4.69) is 306 Å². The van der Waals surface area contributed by atoms with E-state index in [1.165, 1.54) is 88.6 Å². The second kappa shape index (κ2) is 21.4.